The lowest BCUT2D eigenvalue weighted by molar-refractivity contribution is 0.0260. The summed E-state index contributed by atoms with van der Waals surface area (Å²) in [5.74, 6) is 0.552. The van der Waals surface area contributed by atoms with Gasteiger partial charge in [-0.1, -0.05) is 20.8 Å². The van der Waals surface area contributed by atoms with E-state index in [0.29, 0.717) is 12.5 Å². The van der Waals surface area contributed by atoms with E-state index in [2.05, 4.69) is 13.8 Å². The van der Waals surface area contributed by atoms with E-state index in [0.717, 1.165) is 12.8 Å². The van der Waals surface area contributed by atoms with Crippen LogP contribution in [0.4, 0.5) is 4.79 Å². The molecule has 0 aliphatic heterocycles. The Bertz CT molecular complexity index is 143. The molecule has 0 amide bonds. The minimum Gasteiger partial charge on any atom is -0.434 e. The average molecular weight is 188 g/mol. The van der Waals surface area contributed by atoms with Gasteiger partial charge in [0, 0.05) is 0 Å². The summed E-state index contributed by atoms with van der Waals surface area (Å²) in [6.07, 6.45) is 1.11. The van der Waals surface area contributed by atoms with E-state index in [1.165, 1.54) is 0 Å². The van der Waals surface area contributed by atoms with Crippen molar-refractivity contribution in [1.29, 1.82) is 0 Å². The Morgan fingerprint density at radius 1 is 1.31 bits per heavy atom. The molecule has 0 radical (unpaired) electrons. The molecule has 3 heteroatoms. The zero-order valence-corrected chi connectivity index (χ0v) is 9.00. The topological polar surface area (TPSA) is 35.5 Å². The van der Waals surface area contributed by atoms with Gasteiger partial charge in [0.15, 0.2) is 0 Å². The standard InChI is InChI=1S/C10H20O3/c1-5-9(4)13-10(11)12-7-6-8(2)3/h8-9H,5-7H2,1-4H3/t9-/m1/s1. The monoisotopic (exact) mass is 188 g/mol. The van der Waals surface area contributed by atoms with Crippen LogP contribution in [0, 0.1) is 5.92 Å². The van der Waals surface area contributed by atoms with Crippen LogP contribution < -0.4 is 0 Å². The quantitative estimate of drug-likeness (QED) is 0.622. The second kappa shape index (κ2) is 6.75. The molecule has 0 N–H and O–H groups in total. The summed E-state index contributed by atoms with van der Waals surface area (Å²) < 4.78 is 9.78. The second-order valence-electron chi connectivity index (χ2n) is 3.62. The van der Waals surface area contributed by atoms with Crippen LogP contribution in [0.2, 0.25) is 0 Å². The molecule has 3 nitrogen and oxygen atoms in total. The SMILES string of the molecule is CC[C@@H](C)OC(=O)OCCC(C)C. The molecular weight excluding hydrogens is 168 g/mol. The molecular formula is C10H20O3. The Morgan fingerprint density at radius 2 is 1.92 bits per heavy atom. The maximum Gasteiger partial charge on any atom is 0.508 e. The largest absolute Gasteiger partial charge is 0.508 e. The van der Waals surface area contributed by atoms with Crippen LogP contribution in [-0.2, 0) is 9.47 Å². The van der Waals surface area contributed by atoms with Gasteiger partial charge >= 0.3 is 6.16 Å². The maximum absolute atomic E-state index is 10.9. The molecule has 13 heavy (non-hydrogen) atoms. The Morgan fingerprint density at radius 3 is 2.38 bits per heavy atom. The lowest BCUT2D eigenvalue weighted by Crippen LogP contribution is -2.16. The molecule has 0 rings (SSSR count). The zero-order chi connectivity index (χ0) is 10.3. The predicted octanol–water partition coefficient (Wildman–Crippen LogP) is 2.98. The summed E-state index contributed by atoms with van der Waals surface area (Å²) in [4.78, 5) is 10.9. The number of rotatable bonds is 5. The lowest BCUT2D eigenvalue weighted by Gasteiger charge is -2.11. The first kappa shape index (κ1) is 12.3. The molecule has 0 aromatic rings. The molecule has 0 saturated carbocycles. The normalized spacial score (nSPS) is 12.7. The van der Waals surface area contributed by atoms with E-state index in [1.54, 1.807) is 0 Å². The average Bonchev–Trinajstić information content (AvgIpc) is 2.03. The highest BCUT2D eigenvalue weighted by atomic mass is 16.7. The molecule has 0 aromatic heterocycles. The highest BCUT2D eigenvalue weighted by molar-refractivity contribution is 5.59. The minimum absolute atomic E-state index is 0.0495. The minimum atomic E-state index is -0.546. The molecule has 0 aromatic carbocycles. The number of hydrogen-bond donors (Lipinski definition) is 0. The first-order chi connectivity index (χ1) is 6.06. The molecule has 78 valence electrons. The fourth-order valence-electron chi connectivity index (χ4n) is 0.660. The van der Waals surface area contributed by atoms with Gasteiger partial charge in [-0.05, 0) is 25.7 Å². The summed E-state index contributed by atoms with van der Waals surface area (Å²) in [6.45, 7) is 8.44. The molecule has 1 atom stereocenters. The first-order valence-electron chi connectivity index (χ1n) is 4.89. The number of hydrogen-bond acceptors (Lipinski definition) is 3. The van der Waals surface area contributed by atoms with E-state index in [-0.39, 0.29) is 6.10 Å². The van der Waals surface area contributed by atoms with Crippen molar-refractivity contribution in [3.05, 3.63) is 0 Å². The van der Waals surface area contributed by atoms with Crippen LogP contribution in [0.25, 0.3) is 0 Å². The van der Waals surface area contributed by atoms with Crippen molar-refractivity contribution in [2.75, 3.05) is 6.61 Å². The fourth-order valence-corrected chi connectivity index (χ4v) is 0.660. The van der Waals surface area contributed by atoms with Crippen molar-refractivity contribution in [2.45, 2.75) is 46.6 Å². The van der Waals surface area contributed by atoms with E-state index in [4.69, 9.17) is 9.47 Å². The van der Waals surface area contributed by atoms with Gasteiger partial charge in [-0.15, -0.1) is 0 Å². The Hall–Kier alpha value is -0.730. The summed E-state index contributed by atoms with van der Waals surface area (Å²) in [5, 5.41) is 0. The molecule has 0 unspecified atom stereocenters. The first-order valence-corrected chi connectivity index (χ1v) is 4.89. The van der Waals surface area contributed by atoms with Crippen LogP contribution in [0.1, 0.15) is 40.5 Å². The highest BCUT2D eigenvalue weighted by Crippen LogP contribution is 2.02. The summed E-state index contributed by atoms with van der Waals surface area (Å²) in [7, 11) is 0. The molecule has 0 spiro atoms. The molecule has 0 bridgehead atoms. The van der Waals surface area contributed by atoms with Crippen LogP contribution in [-0.4, -0.2) is 18.9 Å². The van der Waals surface area contributed by atoms with Gasteiger partial charge in [-0.2, -0.15) is 0 Å². The van der Waals surface area contributed by atoms with Crippen LogP contribution >= 0.6 is 0 Å². The highest BCUT2D eigenvalue weighted by Gasteiger charge is 2.08. The van der Waals surface area contributed by atoms with Gasteiger partial charge in [0.05, 0.1) is 6.61 Å². The van der Waals surface area contributed by atoms with Crippen molar-refractivity contribution >= 4 is 6.16 Å². The van der Waals surface area contributed by atoms with Crippen molar-refractivity contribution < 1.29 is 14.3 Å². The zero-order valence-electron chi connectivity index (χ0n) is 9.00. The smallest absolute Gasteiger partial charge is 0.434 e. The summed E-state index contributed by atoms with van der Waals surface area (Å²) in [6, 6.07) is 0. The van der Waals surface area contributed by atoms with Gasteiger partial charge in [0.25, 0.3) is 0 Å². The van der Waals surface area contributed by atoms with E-state index < -0.39 is 6.16 Å². The maximum atomic E-state index is 10.9. The van der Waals surface area contributed by atoms with Gasteiger partial charge in [-0.25, -0.2) is 4.79 Å². The van der Waals surface area contributed by atoms with E-state index in [1.807, 2.05) is 13.8 Å². The molecule has 0 aliphatic carbocycles. The Balaban J connectivity index is 3.41. The van der Waals surface area contributed by atoms with Crippen molar-refractivity contribution in [1.82, 2.24) is 0 Å². The lowest BCUT2D eigenvalue weighted by atomic mass is 10.1. The second-order valence-corrected chi connectivity index (χ2v) is 3.62. The predicted molar refractivity (Wildman–Crippen MR) is 51.6 cm³/mol. The van der Waals surface area contributed by atoms with Crippen molar-refractivity contribution in [3.8, 4) is 0 Å². The van der Waals surface area contributed by atoms with Crippen molar-refractivity contribution in [2.24, 2.45) is 5.92 Å². The summed E-state index contributed by atoms with van der Waals surface area (Å²) >= 11 is 0. The third-order valence-electron chi connectivity index (χ3n) is 1.79. The van der Waals surface area contributed by atoms with Gasteiger partial charge in [0.1, 0.15) is 6.10 Å². The van der Waals surface area contributed by atoms with Gasteiger partial charge in [-0.3, -0.25) is 0 Å². The van der Waals surface area contributed by atoms with Crippen molar-refractivity contribution in [3.63, 3.8) is 0 Å². The Labute approximate surface area is 80.4 Å². The van der Waals surface area contributed by atoms with Gasteiger partial charge < -0.3 is 9.47 Å². The fraction of sp³-hybridized carbons (Fsp3) is 0.900. The number of ether oxygens (including phenoxy) is 2. The van der Waals surface area contributed by atoms with E-state index in [9.17, 15) is 4.79 Å². The van der Waals surface area contributed by atoms with Crippen LogP contribution in [0.15, 0.2) is 0 Å². The molecule has 0 fully saturated rings. The van der Waals surface area contributed by atoms with Crippen LogP contribution in [0.5, 0.6) is 0 Å². The van der Waals surface area contributed by atoms with Crippen LogP contribution in [0.3, 0.4) is 0 Å². The number of carbonyl (C=O) groups excluding carboxylic acids is 1. The summed E-state index contributed by atoms with van der Waals surface area (Å²) in [5.41, 5.74) is 0. The van der Waals surface area contributed by atoms with E-state index >= 15 is 0 Å². The third kappa shape index (κ3) is 7.62. The molecule has 0 aliphatic rings. The number of carbonyl (C=O) groups is 1. The van der Waals surface area contributed by atoms with Gasteiger partial charge in [0.2, 0.25) is 0 Å². The molecule has 0 saturated heterocycles. The third-order valence-corrected chi connectivity index (χ3v) is 1.79. The molecule has 0 heterocycles. The Kier molecular flexibility index (Phi) is 6.37.